The van der Waals surface area contributed by atoms with Crippen molar-refractivity contribution in [3.05, 3.63) is 0 Å². The van der Waals surface area contributed by atoms with Crippen molar-refractivity contribution in [2.75, 3.05) is 0 Å². The highest BCUT2D eigenvalue weighted by atomic mass is 35.5. The highest BCUT2D eigenvalue weighted by Crippen LogP contribution is 2.11. The molecule has 0 amide bonds. The van der Waals surface area contributed by atoms with Crippen LogP contribution in [0.25, 0.3) is 0 Å². The van der Waals surface area contributed by atoms with E-state index in [1.165, 1.54) is 0 Å². The highest BCUT2D eigenvalue weighted by molar-refractivity contribution is 6.63. The largest absolute Gasteiger partial charge is 0.281 e. The van der Waals surface area contributed by atoms with Gasteiger partial charge in [-0.2, -0.15) is 0 Å². The van der Waals surface area contributed by atoms with Gasteiger partial charge in [0, 0.05) is 11.8 Å². The Kier molecular flexibility index (Phi) is 6.14. The zero-order valence-electron chi connectivity index (χ0n) is 6.07. The Morgan fingerprint density at radius 2 is 2.20 bits per heavy atom. The summed E-state index contributed by atoms with van der Waals surface area (Å²) in [5.74, 6) is 0. The standard InChI is InChI=1S/C7H12Cl2O/c1-2-6(8)4-3-5-7(9)10/h6H,2-5H2,1H3. The van der Waals surface area contributed by atoms with Crippen LogP contribution in [-0.2, 0) is 4.79 Å². The topological polar surface area (TPSA) is 17.1 Å². The number of halogens is 2. The number of alkyl halides is 1. The molecule has 0 aliphatic carbocycles. The van der Waals surface area contributed by atoms with E-state index in [-0.39, 0.29) is 10.6 Å². The Morgan fingerprint density at radius 3 is 2.60 bits per heavy atom. The number of rotatable bonds is 5. The van der Waals surface area contributed by atoms with Gasteiger partial charge >= 0.3 is 0 Å². The summed E-state index contributed by atoms with van der Waals surface area (Å²) in [6, 6.07) is 0. The quantitative estimate of drug-likeness (QED) is 0.473. The normalized spacial score (nSPS) is 13.1. The van der Waals surface area contributed by atoms with Gasteiger partial charge in [-0.05, 0) is 30.9 Å². The fourth-order valence-corrected chi connectivity index (χ4v) is 0.955. The fraction of sp³-hybridized carbons (Fsp3) is 0.857. The summed E-state index contributed by atoms with van der Waals surface area (Å²) in [5.41, 5.74) is 0. The first kappa shape index (κ1) is 10.2. The van der Waals surface area contributed by atoms with E-state index in [1.54, 1.807) is 0 Å². The average molecular weight is 183 g/mol. The van der Waals surface area contributed by atoms with Gasteiger partial charge in [0.15, 0.2) is 0 Å². The Balaban J connectivity index is 3.11. The van der Waals surface area contributed by atoms with E-state index >= 15 is 0 Å². The molecule has 0 rings (SSSR count). The maximum Gasteiger partial charge on any atom is 0.221 e. The van der Waals surface area contributed by atoms with Gasteiger partial charge in [-0.1, -0.05) is 6.92 Å². The molecule has 0 aromatic rings. The molecule has 10 heavy (non-hydrogen) atoms. The zero-order valence-corrected chi connectivity index (χ0v) is 7.58. The van der Waals surface area contributed by atoms with E-state index in [0.717, 1.165) is 19.3 Å². The molecule has 0 aromatic carbocycles. The summed E-state index contributed by atoms with van der Waals surface area (Å²) in [5, 5.41) is -0.0593. The van der Waals surface area contributed by atoms with Crippen LogP contribution in [0, 0.1) is 0 Å². The second-order valence-corrected chi connectivity index (χ2v) is 3.29. The van der Waals surface area contributed by atoms with Gasteiger partial charge in [-0.25, -0.2) is 0 Å². The lowest BCUT2D eigenvalue weighted by Crippen LogP contribution is -1.96. The van der Waals surface area contributed by atoms with Crippen LogP contribution < -0.4 is 0 Å². The van der Waals surface area contributed by atoms with Crippen molar-refractivity contribution >= 4 is 28.4 Å². The molecule has 0 bridgehead atoms. The number of hydrogen-bond acceptors (Lipinski definition) is 1. The van der Waals surface area contributed by atoms with Gasteiger partial charge in [0.1, 0.15) is 0 Å². The van der Waals surface area contributed by atoms with Crippen molar-refractivity contribution < 1.29 is 4.79 Å². The third-order valence-electron chi connectivity index (χ3n) is 1.33. The van der Waals surface area contributed by atoms with Crippen molar-refractivity contribution in [2.45, 2.75) is 38.0 Å². The number of carbonyl (C=O) groups excluding carboxylic acids is 1. The van der Waals surface area contributed by atoms with Crippen LogP contribution in [0.4, 0.5) is 0 Å². The molecule has 0 aliphatic rings. The predicted molar refractivity (Wildman–Crippen MR) is 44.6 cm³/mol. The third-order valence-corrected chi connectivity index (χ3v) is 2.05. The van der Waals surface area contributed by atoms with Gasteiger partial charge in [0.25, 0.3) is 0 Å². The molecule has 0 spiro atoms. The summed E-state index contributed by atoms with van der Waals surface area (Å²) in [6.07, 6.45) is 3.10. The second kappa shape index (κ2) is 5.99. The Bertz CT molecular complexity index is 104. The Morgan fingerprint density at radius 1 is 1.60 bits per heavy atom. The van der Waals surface area contributed by atoms with Crippen LogP contribution in [0.2, 0.25) is 0 Å². The lowest BCUT2D eigenvalue weighted by Gasteiger charge is -2.02. The molecule has 0 aliphatic heterocycles. The minimum Gasteiger partial charge on any atom is -0.281 e. The molecule has 60 valence electrons. The number of carbonyl (C=O) groups is 1. The van der Waals surface area contributed by atoms with Crippen LogP contribution in [-0.4, -0.2) is 10.6 Å². The highest BCUT2D eigenvalue weighted by Gasteiger charge is 2.02. The molecule has 0 saturated heterocycles. The molecular formula is C7H12Cl2O. The predicted octanol–water partition coefficient (Wildman–Crippen LogP) is 2.94. The third kappa shape index (κ3) is 6.37. The van der Waals surface area contributed by atoms with E-state index < -0.39 is 0 Å². The van der Waals surface area contributed by atoms with Gasteiger partial charge in [0.05, 0.1) is 0 Å². The van der Waals surface area contributed by atoms with Crippen molar-refractivity contribution in [2.24, 2.45) is 0 Å². The smallest absolute Gasteiger partial charge is 0.221 e. The lowest BCUT2D eigenvalue weighted by molar-refractivity contribution is -0.111. The summed E-state index contributed by atoms with van der Waals surface area (Å²) in [4.78, 5) is 10.2. The van der Waals surface area contributed by atoms with Crippen LogP contribution in [0.1, 0.15) is 32.6 Å². The maximum absolute atomic E-state index is 10.2. The minimum absolute atomic E-state index is 0.205. The van der Waals surface area contributed by atoms with Crippen molar-refractivity contribution in [3.63, 3.8) is 0 Å². The van der Waals surface area contributed by atoms with Crippen LogP contribution >= 0.6 is 23.2 Å². The molecule has 3 heteroatoms. The SMILES string of the molecule is CCC(Cl)CCCC(=O)Cl. The zero-order chi connectivity index (χ0) is 7.98. The molecule has 1 atom stereocenters. The van der Waals surface area contributed by atoms with E-state index in [4.69, 9.17) is 23.2 Å². The summed E-state index contributed by atoms with van der Waals surface area (Å²) in [6.45, 7) is 2.03. The van der Waals surface area contributed by atoms with Crippen molar-refractivity contribution in [3.8, 4) is 0 Å². The molecule has 0 saturated carbocycles. The van der Waals surface area contributed by atoms with Crippen LogP contribution in [0.3, 0.4) is 0 Å². The minimum atomic E-state index is -0.264. The summed E-state index contributed by atoms with van der Waals surface area (Å²) < 4.78 is 0. The first-order chi connectivity index (χ1) is 4.66. The molecule has 0 radical (unpaired) electrons. The van der Waals surface area contributed by atoms with Gasteiger partial charge in [-0.3, -0.25) is 4.79 Å². The molecule has 0 N–H and O–H groups in total. The van der Waals surface area contributed by atoms with E-state index in [1.807, 2.05) is 6.92 Å². The molecule has 0 aromatic heterocycles. The molecular weight excluding hydrogens is 171 g/mol. The molecule has 1 nitrogen and oxygen atoms in total. The van der Waals surface area contributed by atoms with E-state index in [0.29, 0.717) is 6.42 Å². The summed E-state index contributed by atoms with van der Waals surface area (Å²) >= 11 is 10.9. The lowest BCUT2D eigenvalue weighted by atomic mass is 10.2. The van der Waals surface area contributed by atoms with Gasteiger partial charge < -0.3 is 0 Å². The molecule has 0 heterocycles. The Labute approximate surface area is 71.7 Å². The first-order valence-corrected chi connectivity index (χ1v) is 4.30. The van der Waals surface area contributed by atoms with Crippen LogP contribution in [0.5, 0.6) is 0 Å². The first-order valence-electron chi connectivity index (χ1n) is 3.49. The van der Waals surface area contributed by atoms with E-state index in [9.17, 15) is 4.79 Å². The monoisotopic (exact) mass is 182 g/mol. The summed E-state index contributed by atoms with van der Waals surface area (Å²) in [7, 11) is 0. The number of hydrogen-bond donors (Lipinski definition) is 0. The van der Waals surface area contributed by atoms with Gasteiger partial charge in [0.2, 0.25) is 5.24 Å². The fourth-order valence-electron chi connectivity index (χ4n) is 0.667. The average Bonchev–Trinajstić information content (AvgIpc) is 1.87. The molecule has 1 unspecified atom stereocenters. The van der Waals surface area contributed by atoms with E-state index in [2.05, 4.69) is 0 Å². The van der Waals surface area contributed by atoms with Crippen LogP contribution in [0.15, 0.2) is 0 Å². The molecule has 0 fully saturated rings. The van der Waals surface area contributed by atoms with Crippen molar-refractivity contribution in [1.82, 2.24) is 0 Å². The second-order valence-electron chi connectivity index (χ2n) is 2.25. The maximum atomic E-state index is 10.2. The van der Waals surface area contributed by atoms with Crippen molar-refractivity contribution in [1.29, 1.82) is 0 Å². The Hall–Kier alpha value is 0.250. The van der Waals surface area contributed by atoms with Gasteiger partial charge in [-0.15, -0.1) is 11.6 Å².